The first kappa shape index (κ1) is 12.9. The number of amidine groups is 1. The third kappa shape index (κ3) is 3.43. The van der Waals surface area contributed by atoms with E-state index in [9.17, 15) is 0 Å². The number of rotatable bonds is 5. The summed E-state index contributed by atoms with van der Waals surface area (Å²) in [6.45, 7) is 1.24. The summed E-state index contributed by atoms with van der Waals surface area (Å²) in [7, 11) is 0. The second-order valence-electron chi connectivity index (χ2n) is 3.90. The summed E-state index contributed by atoms with van der Waals surface area (Å²) in [5.41, 5.74) is 8.33. The fourth-order valence-corrected chi connectivity index (χ4v) is 1.35. The van der Waals surface area contributed by atoms with Gasteiger partial charge in [-0.25, -0.2) is 0 Å². The molecule has 1 heterocycles. The van der Waals surface area contributed by atoms with Gasteiger partial charge in [-0.05, 0) is 24.3 Å². The van der Waals surface area contributed by atoms with Crippen LogP contribution in [0.1, 0.15) is 0 Å². The SMILES string of the molecule is N#C/C(=N\Nc1ccc(OC2COC2)cc1)C(=N)N. The molecule has 1 fully saturated rings. The van der Waals surface area contributed by atoms with Gasteiger partial charge in [-0.3, -0.25) is 10.8 Å². The average molecular weight is 259 g/mol. The van der Waals surface area contributed by atoms with Gasteiger partial charge in [0.05, 0.1) is 18.9 Å². The molecule has 1 aromatic carbocycles. The molecule has 98 valence electrons. The highest BCUT2D eigenvalue weighted by Gasteiger charge is 2.19. The quantitative estimate of drug-likeness (QED) is 0.408. The maximum absolute atomic E-state index is 8.68. The van der Waals surface area contributed by atoms with Crippen molar-refractivity contribution in [2.75, 3.05) is 18.6 Å². The number of nitriles is 1. The molecule has 19 heavy (non-hydrogen) atoms. The number of hydrazone groups is 1. The van der Waals surface area contributed by atoms with Gasteiger partial charge in [-0.15, -0.1) is 0 Å². The maximum atomic E-state index is 8.68. The first-order chi connectivity index (χ1) is 9.19. The molecule has 1 aliphatic heterocycles. The summed E-state index contributed by atoms with van der Waals surface area (Å²) in [6, 6.07) is 8.81. The number of anilines is 1. The second-order valence-corrected chi connectivity index (χ2v) is 3.90. The van der Waals surface area contributed by atoms with Gasteiger partial charge < -0.3 is 15.2 Å². The van der Waals surface area contributed by atoms with Crippen molar-refractivity contribution in [3.63, 3.8) is 0 Å². The Bertz CT molecular complexity index is 528. The topological polar surface area (TPSA) is 117 Å². The fraction of sp³-hybridized carbons (Fsp3) is 0.250. The van der Waals surface area contributed by atoms with E-state index in [1.165, 1.54) is 0 Å². The van der Waals surface area contributed by atoms with Crippen LogP contribution in [0.15, 0.2) is 29.4 Å². The van der Waals surface area contributed by atoms with Crippen LogP contribution >= 0.6 is 0 Å². The lowest BCUT2D eigenvalue weighted by Crippen LogP contribution is -2.38. The van der Waals surface area contributed by atoms with E-state index in [4.69, 9.17) is 25.9 Å². The molecular weight excluding hydrogens is 246 g/mol. The van der Waals surface area contributed by atoms with Gasteiger partial charge in [0.2, 0.25) is 5.71 Å². The Balaban J connectivity index is 1.94. The largest absolute Gasteiger partial charge is 0.486 e. The van der Waals surface area contributed by atoms with Crippen LogP contribution < -0.4 is 15.9 Å². The molecule has 0 radical (unpaired) electrons. The van der Waals surface area contributed by atoms with Crippen molar-refractivity contribution in [3.05, 3.63) is 24.3 Å². The van der Waals surface area contributed by atoms with Crippen LogP contribution in [0.4, 0.5) is 5.69 Å². The molecular formula is C12H13N5O2. The van der Waals surface area contributed by atoms with Crippen LogP contribution in [0.25, 0.3) is 0 Å². The predicted octanol–water partition coefficient (Wildman–Crippen LogP) is 0.692. The minimum absolute atomic E-state index is 0.125. The summed E-state index contributed by atoms with van der Waals surface area (Å²) >= 11 is 0. The molecule has 7 heteroatoms. The van der Waals surface area contributed by atoms with Crippen LogP contribution in [0.5, 0.6) is 5.75 Å². The molecule has 1 aliphatic rings. The van der Waals surface area contributed by atoms with Crippen molar-refractivity contribution < 1.29 is 9.47 Å². The molecule has 0 unspecified atom stereocenters. The fourth-order valence-electron chi connectivity index (χ4n) is 1.35. The van der Waals surface area contributed by atoms with Gasteiger partial charge >= 0.3 is 0 Å². The standard InChI is InChI=1S/C12H13N5O2/c13-5-11(12(14)15)17-16-8-1-3-9(4-2-8)19-10-6-18-7-10/h1-4,10,16H,6-7H2,(H3,14,15)/b17-11+. The lowest BCUT2D eigenvalue weighted by molar-refractivity contribution is -0.0796. The van der Waals surface area contributed by atoms with Crippen LogP contribution in [0, 0.1) is 16.7 Å². The van der Waals surface area contributed by atoms with Gasteiger partial charge in [-0.1, -0.05) is 0 Å². The normalized spacial score (nSPS) is 15.2. The zero-order chi connectivity index (χ0) is 13.7. The van der Waals surface area contributed by atoms with Crippen LogP contribution in [-0.4, -0.2) is 30.9 Å². The molecule has 0 amide bonds. The van der Waals surface area contributed by atoms with E-state index in [1.54, 1.807) is 30.3 Å². The predicted molar refractivity (Wildman–Crippen MR) is 70.3 cm³/mol. The number of nitrogens with two attached hydrogens (primary N) is 1. The molecule has 4 N–H and O–H groups in total. The molecule has 0 spiro atoms. The van der Waals surface area contributed by atoms with Crippen LogP contribution in [0.3, 0.4) is 0 Å². The molecule has 0 aliphatic carbocycles. The number of ether oxygens (including phenoxy) is 2. The summed E-state index contributed by atoms with van der Waals surface area (Å²) in [6.07, 6.45) is 0.125. The van der Waals surface area contributed by atoms with Crippen molar-refractivity contribution in [2.45, 2.75) is 6.10 Å². The van der Waals surface area contributed by atoms with E-state index in [-0.39, 0.29) is 17.7 Å². The molecule has 0 aromatic heterocycles. The Morgan fingerprint density at radius 3 is 2.63 bits per heavy atom. The van der Waals surface area contributed by atoms with Gasteiger partial charge in [-0.2, -0.15) is 10.4 Å². The zero-order valence-corrected chi connectivity index (χ0v) is 10.1. The Hall–Kier alpha value is -2.59. The first-order valence-corrected chi connectivity index (χ1v) is 5.61. The number of nitrogens with one attached hydrogen (secondary N) is 2. The molecule has 2 rings (SSSR count). The zero-order valence-electron chi connectivity index (χ0n) is 10.1. The lowest BCUT2D eigenvalue weighted by atomic mass is 10.3. The summed E-state index contributed by atoms with van der Waals surface area (Å²) in [5.74, 6) is 0.370. The highest BCUT2D eigenvalue weighted by atomic mass is 16.6. The Morgan fingerprint density at radius 1 is 1.47 bits per heavy atom. The Labute approximate surface area is 110 Å². The molecule has 1 aromatic rings. The van der Waals surface area contributed by atoms with Crippen molar-refractivity contribution in [1.82, 2.24) is 0 Å². The Morgan fingerprint density at radius 2 is 2.16 bits per heavy atom. The van der Waals surface area contributed by atoms with Gasteiger partial charge in [0.25, 0.3) is 0 Å². The van der Waals surface area contributed by atoms with Crippen molar-refractivity contribution >= 4 is 17.2 Å². The molecule has 0 atom stereocenters. The lowest BCUT2D eigenvalue weighted by Gasteiger charge is -2.26. The van der Waals surface area contributed by atoms with E-state index in [1.807, 2.05) is 0 Å². The minimum Gasteiger partial charge on any atom is -0.486 e. The third-order valence-electron chi connectivity index (χ3n) is 2.42. The van der Waals surface area contributed by atoms with E-state index >= 15 is 0 Å². The third-order valence-corrected chi connectivity index (χ3v) is 2.42. The van der Waals surface area contributed by atoms with Crippen molar-refractivity contribution in [2.24, 2.45) is 10.8 Å². The van der Waals surface area contributed by atoms with Gasteiger partial charge in [0.15, 0.2) is 5.84 Å². The van der Waals surface area contributed by atoms with Gasteiger partial charge in [0.1, 0.15) is 17.9 Å². The molecule has 0 bridgehead atoms. The van der Waals surface area contributed by atoms with Gasteiger partial charge in [0, 0.05) is 0 Å². The first-order valence-electron chi connectivity index (χ1n) is 5.61. The van der Waals surface area contributed by atoms with Crippen molar-refractivity contribution in [1.29, 1.82) is 10.7 Å². The van der Waals surface area contributed by atoms with Crippen LogP contribution in [-0.2, 0) is 4.74 Å². The van der Waals surface area contributed by atoms with Crippen LogP contribution in [0.2, 0.25) is 0 Å². The maximum Gasteiger partial charge on any atom is 0.201 e. The number of benzene rings is 1. The molecule has 7 nitrogen and oxygen atoms in total. The second kappa shape index (κ2) is 5.84. The van der Waals surface area contributed by atoms with Crippen molar-refractivity contribution in [3.8, 4) is 11.8 Å². The van der Waals surface area contributed by atoms with E-state index < -0.39 is 0 Å². The van der Waals surface area contributed by atoms with E-state index in [0.717, 1.165) is 5.75 Å². The molecule has 0 saturated carbocycles. The van der Waals surface area contributed by atoms with E-state index in [2.05, 4.69) is 10.5 Å². The summed E-state index contributed by atoms with van der Waals surface area (Å²) < 4.78 is 10.6. The Kier molecular flexibility index (Phi) is 3.95. The number of nitrogens with zero attached hydrogens (tertiary/aromatic N) is 2. The monoisotopic (exact) mass is 259 g/mol. The average Bonchev–Trinajstić information content (AvgIpc) is 2.36. The summed E-state index contributed by atoms with van der Waals surface area (Å²) in [5, 5.41) is 19.5. The minimum atomic E-state index is -0.375. The summed E-state index contributed by atoms with van der Waals surface area (Å²) in [4.78, 5) is 0. The highest BCUT2D eigenvalue weighted by Crippen LogP contribution is 2.19. The highest BCUT2D eigenvalue weighted by molar-refractivity contribution is 6.45. The van der Waals surface area contributed by atoms with E-state index in [0.29, 0.717) is 18.9 Å². The smallest absolute Gasteiger partial charge is 0.201 e. The number of hydrogen-bond donors (Lipinski definition) is 3. The number of hydrogen-bond acceptors (Lipinski definition) is 6. The molecule has 1 saturated heterocycles.